The Kier molecular flexibility index (Phi) is 6.12. The van der Waals surface area contributed by atoms with E-state index in [1.165, 1.54) is 12.1 Å². The molecule has 1 aromatic carbocycles. The van der Waals surface area contributed by atoms with Crippen LogP contribution in [0, 0.1) is 28.9 Å². The third-order valence-corrected chi connectivity index (χ3v) is 4.07. The third kappa shape index (κ3) is 4.86. The van der Waals surface area contributed by atoms with Crippen LogP contribution in [0.15, 0.2) is 18.2 Å². The molecular formula is C17H27F2N. The molecule has 0 bridgehead atoms. The first-order chi connectivity index (χ1) is 9.24. The van der Waals surface area contributed by atoms with Gasteiger partial charge in [0.05, 0.1) is 0 Å². The summed E-state index contributed by atoms with van der Waals surface area (Å²) in [6, 6.07) is 4.22. The zero-order valence-corrected chi connectivity index (χ0v) is 13.3. The molecule has 1 unspecified atom stereocenters. The largest absolute Gasteiger partial charge is 0.316 e. The average Bonchev–Trinajstić information content (AvgIpc) is 2.33. The molecule has 0 saturated carbocycles. The Labute approximate surface area is 121 Å². The molecule has 1 nitrogen and oxygen atoms in total. The zero-order valence-electron chi connectivity index (χ0n) is 13.3. The topological polar surface area (TPSA) is 12.0 Å². The normalized spacial score (nSPS) is 14.8. The molecule has 0 heterocycles. The van der Waals surface area contributed by atoms with E-state index in [-0.39, 0.29) is 5.41 Å². The van der Waals surface area contributed by atoms with Crippen LogP contribution in [0.3, 0.4) is 0 Å². The molecule has 0 saturated heterocycles. The van der Waals surface area contributed by atoms with Crippen LogP contribution in [0.2, 0.25) is 0 Å². The maximum absolute atomic E-state index is 13.3. The second-order valence-corrected chi connectivity index (χ2v) is 6.76. The maximum atomic E-state index is 13.3. The van der Waals surface area contributed by atoms with Gasteiger partial charge in [-0.3, -0.25) is 0 Å². The second-order valence-electron chi connectivity index (χ2n) is 6.76. The highest BCUT2D eigenvalue weighted by Crippen LogP contribution is 2.31. The van der Waals surface area contributed by atoms with Crippen LogP contribution in [-0.4, -0.2) is 13.1 Å². The monoisotopic (exact) mass is 283 g/mol. The van der Waals surface area contributed by atoms with Crippen molar-refractivity contribution in [2.24, 2.45) is 17.3 Å². The van der Waals surface area contributed by atoms with Crippen LogP contribution in [0.1, 0.15) is 40.2 Å². The molecule has 0 aliphatic heterocycles. The van der Waals surface area contributed by atoms with E-state index in [4.69, 9.17) is 0 Å². The lowest BCUT2D eigenvalue weighted by Crippen LogP contribution is -2.39. The predicted octanol–water partition coefficient (Wildman–Crippen LogP) is 4.42. The highest BCUT2D eigenvalue weighted by Gasteiger charge is 2.28. The van der Waals surface area contributed by atoms with Crippen molar-refractivity contribution in [3.8, 4) is 0 Å². The minimum Gasteiger partial charge on any atom is -0.316 e. The van der Waals surface area contributed by atoms with E-state index in [9.17, 15) is 8.78 Å². The summed E-state index contributed by atoms with van der Waals surface area (Å²) < 4.78 is 26.3. The van der Waals surface area contributed by atoms with E-state index < -0.39 is 11.6 Å². The number of nitrogens with one attached hydrogen (secondary N) is 1. The Morgan fingerprint density at radius 1 is 1.10 bits per heavy atom. The fourth-order valence-electron chi connectivity index (χ4n) is 2.23. The molecule has 0 fully saturated rings. The molecule has 0 aliphatic rings. The number of hydrogen-bond donors (Lipinski definition) is 1. The summed E-state index contributed by atoms with van der Waals surface area (Å²) in [7, 11) is 0. The molecule has 0 spiro atoms. The number of rotatable bonds is 7. The van der Waals surface area contributed by atoms with Crippen LogP contribution >= 0.6 is 0 Å². The first-order valence-corrected chi connectivity index (χ1v) is 7.39. The quantitative estimate of drug-likeness (QED) is 0.781. The summed E-state index contributed by atoms with van der Waals surface area (Å²) in [4.78, 5) is 0. The van der Waals surface area contributed by atoms with Gasteiger partial charge in [-0.25, -0.2) is 8.78 Å². The van der Waals surface area contributed by atoms with Gasteiger partial charge in [0, 0.05) is 6.54 Å². The smallest absolute Gasteiger partial charge is 0.159 e. The third-order valence-electron chi connectivity index (χ3n) is 4.07. The fraction of sp³-hybridized carbons (Fsp3) is 0.647. The molecule has 0 amide bonds. The highest BCUT2D eigenvalue weighted by molar-refractivity contribution is 5.19. The molecule has 20 heavy (non-hydrogen) atoms. The van der Waals surface area contributed by atoms with Crippen molar-refractivity contribution in [1.82, 2.24) is 5.32 Å². The van der Waals surface area contributed by atoms with E-state index in [0.29, 0.717) is 11.8 Å². The molecule has 0 aliphatic carbocycles. The van der Waals surface area contributed by atoms with Crippen LogP contribution in [0.25, 0.3) is 0 Å². The summed E-state index contributed by atoms with van der Waals surface area (Å²) in [6.07, 6.45) is 0.743. The lowest BCUT2D eigenvalue weighted by Gasteiger charge is -2.35. The van der Waals surface area contributed by atoms with Gasteiger partial charge in [0.15, 0.2) is 11.6 Å². The molecule has 1 atom stereocenters. The molecule has 1 N–H and O–H groups in total. The fourth-order valence-corrected chi connectivity index (χ4v) is 2.23. The summed E-state index contributed by atoms with van der Waals surface area (Å²) in [6.45, 7) is 12.8. The first kappa shape index (κ1) is 17.1. The number of benzene rings is 1. The number of hydrogen-bond acceptors (Lipinski definition) is 1. The summed E-state index contributed by atoms with van der Waals surface area (Å²) in [5.41, 5.74) is 0.880. The summed E-state index contributed by atoms with van der Waals surface area (Å²) in [5, 5.41) is 3.49. The second kappa shape index (κ2) is 7.16. The molecule has 114 valence electrons. The van der Waals surface area contributed by atoms with Gasteiger partial charge in [-0.05, 0) is 47.9 Å². The Hall–Kier alpha value is -0.960. The van der Waals surface area contributed by atoms with Crippen LogP contribution < -0.4 is 5.32 Å². The van der Waals surface area contributed by atoms with E-state index >= 15 is 0 Å². The van der Waals surface area contributed by atoms with E-state index in [1.54, 1.807) is 6.07 Å². The average molecular weight is 283 g/mol. The minimum atomic E-state index is -0.780. The Morgan fingerprint density at radius 2 is 1.75 bits per heavy atom. The van der Waals surface area contributed by atoms with Crippen molar-refractivity contribution >= 4 is 0 Å². The SMILES string of the molecule is CC(C)CNCC(C)(Cc1ccc(F)c(F)c1)C(C)C. The zero-order chi connectivity index (χ0) is 15.3. The van der Waals surface area contributed by atoms with Crippen molar-refractivity contribution in [2.75, 3.05) is 13.1 Å². The lowest BCUT2D eigenvalue weighted by molar-refractivity contribution is 0.204. The van der Waals surface area contributed by atoms with Gasteiger partial charge < -0.3 is 5.32 Å². The van der Waals surface area contributed by atoms with Crippen molar-refractivity contribution in [3.63, 3.8) is 0 Å². The van der Waals surface area contributed by atoms with Crippen LogP contribution in [0.4, 0.5) is 8.78 Å². The molecule has 3 heteroatoms. The number of halogens is 2. The van der Waals surface area contributed by atoms with E-state index in [1.807, 2.05) is 0 Å². The van der Waals surface area contributed by atoms with E-state index in [0.717, 1.165) is 25.1 Å². The Balaban J connectivity index is 2.77. The first-order valence-electron chi connectivity index (χ1n) is 7.39. The van der Waals surface area contributed by atoms with Crippen molar-refractivity contribution in [1.29, 1.82) is 0 Å². The van der Waals surface area contributed by atoms with Gasteiger partial charge in [-0.2, -0.15) is 0 Å². The van der Waals surface area contributed by atoms with Crippen LogP contribution in [0.5, 0.6) is 0 Å². The van der Waals surface area contributed by atoms with Gasteiger partial charge in [-0.15, -0.1) is 0 Å². The summed E-state index contributed by atoms with van der Waals surface area (Å²) >= 11 is 0. The van der Waals surface area contributed by atoms with Crippen molar-refractivity contribution < 1.29 is 8.78 Å². The predicted molar refractivity (Wildman–Crippen MR) is 80.7 cm³/mol. The maximum Gasteiger partial charge on any atom is 0.159 e. The molecule has 1 aromatic rings. The molecular weight excluding hydrogens is 256 g/mol. The van der Waals surface area contributed by atoms with Gasteiger partial charge in [-0.1, -0.05) is 40.7 Å². The van der Waals surface area contributed by atoms with Gasteiger partial charge >= 0.3 is 0 Å². The molecule has 0 radical (unpaired) electrons. The highest BCUT2D eigenvalue weighted by atomic mass is 19.2. The molecule has 1 rings (SSSR count). The Morgan fingerprint density at radius 3 is 2.25 bits per heavy atom. The van der Waals surface area contributed by atoms with Gasteiger partial charge in [0.2, 0.25) is 0 Å². The summed E-state index contributed by atoms with van der Waals surface area (Å²) in [5.74, 6) is -0.480. The van der Waals surface area contributed by atoms with Crippen LogP contribution in [-0.2, 0) is 6.42 Å². The van der Waals surface area contributed by atoms with E-state index in [2.05, 4.69) is 39.9 Å². The minimum absolute atomic E-state index is 0.0269. The van der Waals surface area contributed by atoms with Gasteiger partial charge in [0.1, 0.15) is 0 Å². The lowest BCUT2D eigenvalue weighted by atomic mass is 9.74. The van der Waals surface area contributed by atoms with Gasteiger partial charge in [0.25, 0.3) is 0 Å². The Bertz CT molecular complexity index is 429. The van der Waals surface area contributed by atoms with Crippen molar-refractivity contribution in [3.05, 3.63) is 35.4 Å². The van der Waals surface area contributed by atoms with Crippen molar-refractivity contribution in [2.45, 2.75) is 41.0 Å². The molecule has 0 aromatic heterocycles. The standard InChI is InChI=1S/C17H27F2N/c1-12(2)10-20-11-17(5,13(3)4)9-14-6-7-15(18)16(19)8-14/h6-8,12-13,20H,9-11H2,1-5H3.